The van der Waals surface area contributed by atoms with Crippen LogP contribution in [0.3, 0.4) is 0 Å². The molecule has 0 saturated carbocycles. The van der Waals surface area contributed by atoms with Crippen molar-refractivity contribution in [3.8, 4) is 17.0 Å². The van der Waals surface area contributed by atoms with Crippen molar-refractivity contribution in [2.75, 3.05) is 7.11 Å². The molecule has 0 aliphatic carbocycles. The second-order valence-corrected chi connectivity index (χ2v) is 4.66. The van der Waals surface area contributed by atoms with E-state index in [1.54, 1.807) is 7.11 Å². The fourth-order valence-corrected chi connectivity index (χ4v) is 2.10. The second-order valence-electron chi connectivity index (χ2n) is 3.22. The van der Waals surface area contributed by atoms with Gasteiger partial charge in [0.05, 0.1) is 12.8 Å². The summed E-state index contributed by atoms with van der Waals surface area (Å²) in [5.74, 6) is 0.831. The Hall–Kier alpha value is -1.06. The van der Waals surface area contributed by atoms with Crippen LogP contribution in [-0.2, 0) is 0 Å². The highest BCUT2D eigenvalue weighted by Crippen LogP contribution is 2.32. The lowest BCUT2D eigenvalue weighted by molar-refractivity contribution is 0.416. The van der Waals surface area contributed by atoms with E-state index in [4.69, 9.17) is 16.3 Å². The molecule has 0 fully saturated rings. The van der Waals surface area contributed by atoms with E-state index >= 15 is 0 Å². The van der Waals surface area contributed by atoms with Gasteiger partial charge < -0.3 is 4.74 Å². The molecule has 0 aliphatic heterocycles. The summed E-state index contributed by atoms with van der Waals surface area (Å²) in [4.78, 5) is 0. The lowest BCUT2D eigenvalue weighted by Gasteiger charge is -2.06. The van der Waals surface area contributed by atoms with Crippen LogP contribution in [0.5, 0.6) is 5.75 Å². The van der Waals surface area contributed by atoms with Crippen molar-refractivity contribution >= 4 is 23.1 Å². The Morgan fingerprint density at radius 1 is 1.33 bits per heavy atom. The minimum absolute atomic E-state index is 0.688. The van der Waals surface area contributed by atoms with Crippen molar-refractivity contribution in [2.45, 2.75) is 6.92 Å². The van der Waals surface area contributed by atoms with Gasteiger partial charge in [0.15, 0.2) is 0 Å². The second kappa shape index (κ2) is 4.21. The van der Waals surface area contributed by atoms with Gasteiger partial charge in [0.25, 0.3) is 0 Å². The molecule has 0 N–H and O–H groups in total. The Labute approximate surface area is 97.6 Å². The zero-order chi connectivity index (χ0) is 10.8. The van der Waals surface area contributed by atoms with Crippen LogP contribution in [-0.4, -0.2) is 11.5 Å². The van der Waals surface area contributed by atoms with Gasteiger partial charge in [-0.05, 0) is 42.2 Å². The summed E-state index contributed by atoms with van der Waals surface area (Å²) < 4.78 is 10.3. The molecule has 1 heterocycles. The maximum atomic E-state index is 5.85. The predicted octanol–water partition coefficient (Wildman–Crippen LogP) is 3.78. The lowest BCUT2D eigenvalue weighted by atomic mass is 10.1. The molecule has 1 aromatic carbocycles. The van der Waals surface area contributed by atoms with Crippen molar-refractivity contribution in [3.05, 3.63) is 34.2 Å². The third-order valence-electron chi connectivity index (χ3n) is 2.11. The monoisotopic (exact) mass is 239 g/mol. The highest BCUT2D eigenvalue weighted by atomic mass is 35.5. The number of benzene rings is 1. The molecule has 0 unspecified atom stereocenters. The fraction of sp³-hybridized carbons (Fsp3) is 0.182. The number of nitrogens with zero attached hydrogens (tertiary/aromatic N) is 1. The van der Waals surface area contributed by atoms with Crippen molar-refractivity contribution < 1.29 is 4.74 Å². The van der Waals surface area contributed by atoms with Crippen LogP contribution in [0.15, 0.2) is 24.3 Å². The summed E-state index contributed by atoms with van der Waals surface area (Å²) in [6, 6.07) is 7.87. The van der Waals surface area contributed by atoms with E-state index in [9.17, 15) is 0 Å². The number of aryl methyl sites for hydroxylation is 1. The van der Waals surface area contributed by atoms with E-state index in [-0.39, 0.29) is 0 Å². The normalized spacial score (nSPS) is 10.3. The van der Waals surface area contributed by atoms with Crippen molar-refractivity contribution in [1.29, 1.82) is 0 Å². The first-order chi connectivity index (χ1) is 7.20. The molecule has 15 heavy (non-hydrogen) atoms. The standard InChI is InChI=1S/C11H10ClNOS/c1-7-3-4-8(10(5-7)14-2)9-6-11(12)15-13-9/h3-6H,1-2H3. The average Bonchev–Trinajstić information content (AvgIpc) is 2.64. The molecule has 0 amide bonds. The highest BCUT2D eigenvalue weighted by Gasteiger charge is 2.09. The molecule has 4 heteroatoms. The number of aromatic nitrogens is 1. The van der Waals surface area contributed by atoms with Gasteiger partial charge in [-0.25, -0.2) is 0 Å². The van der Waals surface area contributed by atoms with E-state index in [1.807, 2.05) is 31.2 Å². The minimum atomic E-state index is 0.688. The predicted molar refractivity (Wildman–Crippen MR) is 63.8 cm³/mol. The molecule has 1 aromatic heterocycles. The SMILES string of the molecule is COc1cc(C)ccc1-c1cc(Cl)sn1. The van der Waals surface area contributed by atoms with E-state index < -0.39 is 0 Å². The number of methoxy groups -OCH3 is 1. The van der Waals surface area contributed by atoms with Crippen LogP contribution in [0.4, 0.5) is 0 Å². The molecule has 2 rings (SSSR count). The van der Waals surface area contributed by atoms with Crippen LogP contribution in [0.2, 0.25) is 4.34 Å². The van der Waals surface area contributed by atoms with Gasteiger partial charge in [-0.3, -0.25) is 0 Å². The van der Waals surface area contributed by atoms with E-state index in [0.717, 1.165) is 22.6 Å². The Morgan fingerprint density at radius 3 is 2.73 bits per heavy atom. The summed E-state index contributed by atoms with van der Waals surface area (Å²) in [7, 11) is 1.66. The Morgan fingerprint density at radius 2 is 2.13 bits per heavy atom. The van der Waals surface area contributed by atoms with Gasteiger partial charge in [0.1, 0.15) is 10.1 Å². The maximum Gasteiger partial charge on any atom is 0.128 e. The smallest absolute Gasteiger partial charge is 0.128 e. The van der Waals surface area contributed by atoms with E-state index in [2.05, 4.69) is 4.37 Å². The van der Waals surface area contributed by atoms with E-state index in [1.165, 1.54) is 11.5 Å². The summed E-state index contributed by atoms with van der Waals surface area (Å²) in [6.07, 6.45) is 0. The van der Waals surface area contributed by atoms with Crippen LogP contribution in [0.25, 0.3) is 11.3 Å². The first-order valence-corrected chi connectivity index (χ1v) is 5.63. The fourth-order valence-electron chi connectivity index (χ4n) is 1.39. The third kappa shape index (κ3) is 2.13. The van der Waals surface area contributed by atoms with Crippen LogP contribution in [0, 0.1) is 6.92 Å². The molecular weight excluding hydrogens is 230 g/mol. The Kier molecular flexibility index (Phi) is 2.93. The van der Waals surface area contributed by atoms with Crippen molar-refractivity contribution in [3.63, 3.8) is 0 Å². The maximum absolute atomic E-state index is 5.85. The van der Waals surface area contributed by atoms with Crippen LogP contribution < -0.4 is 4.74 Å². The average molecular weight is 240 g/mol. The number of hydrogen-bond donors (Lipinski definition) is 0. The summed E-state index contributed by atoms with van der Waals surface area (Å²) >= 11 is 7.13. The minimum Gasteiger partial charge on any atom is -0.496 e. The highest BCUT2D eigenvalue weighted by molar-refractivity contribution is 7.10. The molecule has 2 nitrogen and oxygen atoms in total. The quantitative estimate of drug-likeness (QED) is 0.796. The third-order valence-corrected chi connectivity index (χ3v) is 3.01. The van der Waals surface area contributed by atoms with Crippen LogP contribution >= 0.6 is 23.1 Å². The summed E-state index contributed by atoms with van der Waals surface area (Å²) in [6.45, 7) is 2.03. The van der Waals surface area contributed by atoms with E-state index in [0.29, 0.717) is 4.34 Å². The zero-order valence-corrected chi connectivity index (χ0v) is 10.0. The molecule has 0 aliphatic rings. The molecule has 0 spiro atoms. The molecule has 0 bridgehead atoms. The molecule has 0 atom stereocenters. The number of ether oxygens (including phenoxy) is 1. The largest absolute Gasteiger partial charge is 0.496 e. The van der Waals surface area contributed by atoms with Gasteiger partial charge in [-0.1, -0.05) is 17.7 Å². The lowest BCUT2D eigenvalue weighted by Crippen LogP contribution is -1.88. The summed E-state index contributed by atoms with van der Waals surface area (Å²) in [5.41, 5.74) is 3.00. The zero-order valence-electron chi connectivity index (χ0n) is 8.45. The molecule has 0 saturated heterocycles. The first kappa shape index (κ1) is 10.5. The van der Waals surface area contributed by atoms with Gasteiger partial charge >= 0.3 is 0 Å². The Bertz CT molecular complexity index is 481. The molecule has 78 valence electrons. The Balaban J connectivity index is 2.52. The topological polar surface area (TPSA) is 22.1 Å². The van der Waals surface area contributed by atoms with Gasteiger partial charge in [0, 0.05) is 5.56 Å². The van der Waals surface area contributed by atoms with Crippen molar-refractivity contribution in [2.24, 2.45) is 0 Å². The summed E-state index contributed by atoms with van der Waals surface area (Å²) in [5, 5.41) is 0. The van der Waals surface area contributed by atoms with Gasteiger partial charge in [-0.15, -0.1) is 0 Å². The van der Waals surface area contributed by atoms with Crippen LogP contribution in [0.1, 0.15) is 5.56 Å². The molecule has 0 radical (unpaired) electrons. The number of rotatable bonds is 2. The molecule has 2 aromatic rings. The molecular formula is C11H10ClNOS. The first-order valence-electron chi connectivity index (χ1n) is 4.48. The number of hydrogen-bond acceptors (Lipinski definition) is 3. The number of halogens is 1. The van der Waals surface area contributed by atoms with Crippen molar-refractivity contribution in [1.82, 2.24) is 4.37 Å². The van der Waals surface area contributed by atoms with Gasteiger partial charge in [-0.2, -0.15) is 4.37 Å². The van der Waals surface area contributed by atoms with Gasteiger partial charge in [0.2, 0.25) is 0 Å².